The molecule has 0 saturated carbocycles. The summed E-state index contributed by atoms with van der Waals surface area (Å²) in [6.45, 7) is 1.30. The Labute approximate surface area is 74.4 Å². The molecule has 1 fully saturated rings. The molecule has 64 valence electrons. The first-order valence-electron chi connectivity index (χ1n) is 3.77. The van der Waals surface area contributed by atoms with Crippen LogP contribution in [0.3, 0.4) is 0 Å². The lowest BCUT2D eigenvalue weighted by Crippen LogP contribution is -2.48. The van der Waals surface area contributed by atoms with Crippen molar-refractivity contribution in [2.45, 2.75) is 6.04 Å². The van der Waals surface area contributed by atoms with Crippen LogP contribution in [-0.2, 0) is 4.74 Å². The molecule has 0 bridgehead atoms. The molecule has 0 aliphatic carbocycles. The van der Waals surface area contributed by atoms with Gasteiger partial charge in [-0.1, -0.05) is 0 Å². The highest BCUT2D eigenvalue weighted by Crippen LogP contribution is 2.07. The van der Waals surface area contributed by atoms with Crippen LogP contribution in [0.2, 0.25) is 0 Å². The van der Waals surface area contributed by atoms with Gasteiger partial charge in [0.2, 0.25) is 0 Å². The monoisotopic (exact) mass is 183 g/mol. The van der Waals surface area contributed by atoms with Crippen molar-refractivity contribution in [3.8, 4) is 0 Å². The topological polar surface area (TPSA) is 38.3 Å². The van der Waals surface area contributed by atoms with Gasteiger partial charge in [0.05, 0.1) is 19.3 Å². The minimum Gasteiger partial charge on any atom is -0.377 e. The summed E-state index contributed by atoms with van der Waals surface area (Å²) in [5, 5.41) is 6.60. The van der Waals surface area contributed by atoms with Crippen molar-refractivity contribution >= 4 is 17.2 Å². The molecule has 2 rings (SSSR count). The van der Waals surface area contributed by atoms with Crippen molar-refractivity contribution < 1.29 is 9.53 Å². The second kappa shape index (κ2) is 3.25. The predicted molar refractivity (Wildman–Crippen MR) is 46.4 cm³/mol. The Hall–Kier alpha value is -0.870. The molecule has 0 unspecified atom stereocenters. The molecule has 1 amide bonds. The summed E-state index contributed by atoms with van der Waals surface area (Å²) >= 11 is 1.53. The summed E-state index contributed by atoms with van der Waals surface area (Å²) in [5.74, 6) is 0.00421. The number of hydrogen-bond donors (Lipinski definition) is 1. The Morgan fingerprint density at radius 3 is 3.00 bits per heavy atom. The van der Waals surface area contributed by atoms with Crippen LogP contribution in [0.4, 0.5) is 0 Å². The van der Waals surface area contributed by atoms with Crippen LogP contribution in [-0.4, -0.2) is 25.2 Å². The maximum absolute atomic E-state index is 11.3. The normalized spacial score (nSPS) is 17.0. The number of rotatable bonds is 2. The van der Waals surface area contributed by atoms with E-state index < -0.39 is 0 Å². The van der Waals surface area contributed by atoms with E-state index in [9.17, 15) is 4.79 Å². The second-order valence-electron chi connectivity index (χ2n) is 2.72. The molecule has 1 aromatic heterocycles. The van der Waals surface area contributed by atoms with Crippen molar-refractivity contribution in [2.75, 3.05) is 13.2 Å². The van der Waals surface area contributed by atoms with E-state index in [-0.39, 0.29) is 11.9 Å². The quantitative estimate of drug-likeness (QED) is 0.739. The maximum atomic E-state index is 11.3. The molecule has 0 radical (unpaired) electrons. The van der Waals surface area contributed by atoms with Gasteiger partial charge in [0.25, 0.3) is 5.91 Å². The molecular weight excluding hydrogens is 174 g/mol. The van der Waals surface area contributed by atoms with E-state index in [1.807, 2.05) is 16.8 Å². The molecule has 0 atom stereocenters. The largest absolute Gasteiger partial charge is 0.377 e. The summed E-state index contributed by atoms with van der Waals surface area (Å²) in [5.41, 5.74) is 0.743. The van der Waals surface area contributed by atoms with Gasteiger partial charge in [-0.25, -0.2) is 0 Å². The van der Waals surface area contributed by atoms with Gasteiger partial charge < -0.3 is 10.1 Å². The number of carbonyl (C=O) groups is 1. The molecule has 1 aliphatic rings. The zero-order chi connectivity index (χ0) is 8.39. The molecule has 12 heavy (non-hydrogen) atoms. The molecule has 0 aromatic carbocycles. The number of amides is 1. The third-order valence-electron chi connectivity index (χ3n) is 1.76. The Kier molecular flexibility index (Phi) is 2.10. The highest BCUT2D eigenvalue weighted by Gasteiger charge is 2.20. The zero-order valence-electron chi connectivity index (χ0n) is 6.45. The van der Waals surface area contributed by atoms with Gasteiger partial charge in [-0.15, -0.1) is 0 Å². The summed E-state index contributed by atoms with van der Waals surface area (Å²) in [7, 11) is 0. The smallest absolute Gasteiger partial charge is 0.252 e. The average molecular weight is 183 g/mol. The highest BCUT2D eigenvalue weighted by molar-refractivity contribution is 7.08. The Morgan fingerprint density at radius 1 is 1.67 bits per heavy atom. The van der Waals surface area contributed by atoms with Crippen LogP contribution in [0, 0.1) is 0 Å². The van der Waals surface area contributed by atoms with Crippen molar-refractivity contribution in [3.05, 3.63) is 22.4 Å². The van der Waals surface area contributed by atoms with E-state index in [2.05, 4.69) is 5.32 Å². The first-order chi connectivity index (χ1) is 5.86. The SMILES string of the molecule is O=C(NC1COC1)c1ccsc1. The van der Waals surface area contributed by atoms with E-state index in [0.717, 1.165) is 5.56 Å². The summed E-state index contributed by atoms with van der Waals surface area (Å²) < 4.78 is 4.94. The lowest BCUT2D eigenvalue weighted by molar-refractivity contribution is -0.00345. The zero-order valence-corrected chi connectivity index (χ0v) is 7.26. The number of carbonyl (C=O) groups excluding carboxylic acids is 1. The number of thiophene rings is 1. The summed E-state index contributed by atoms with van der Waals surface area (Å²) in [6, 6.07) is 2.04. The lowest BCUT2D eigenvalue weighted by atomic mass is 10.2. The third kappa shape index (κ3) is 1.49. The van der Waals surface area contributed by atoms with E-state index in [1.165, 1.54) is 11.3 Å². The van der Waals surface area contributed by atoms with Gasteiger partial charge in [-0.3, -0.25) is 4.79 Å². The van der Waals surface area contributed by atoms with Gasteiger partial charge in [-0.2, -0.15) is 11.3 Å². The number of ether oxygens (including phenoxy) is 1. The fourth-order valence-electron chi connectivity index (χ4n) is 0.981. The molecule has 1 aromatic rings. The van der Waals surface area contributed by atoms with Crippen LogP contribution in [0.15, 0.2) is 16.8 Å². The fraction of sp³-hybridized carbons (Fsp3) is 0.375. The Morgan fingerprint density at radius 2 is 2.50 bits per heavy atom. The molecule has 0 spiro atoms. The molecular formula is C8H9NO2S. The first kappa shape index (κ1) is 7.76. The predicted octanol–water partition coefficient (Wildman–Crippen LogP) is 0.877. The Balaban J connectivity index is 1.92. The third-order valence-corrected chi connectivity index (χ3v) is 2.44. The number of hydrogen-bond acceptors (Lipinski definition) is 3. The van der Waals surface area contributed by atoms with Crippen molar-refractivity contribution in [2.24, 2.45) is 0 Å². The van der Waals surface area contributed by atoms with E-state index in [0.29, 0.717) is 13.2 Å². The minimum atomic E-state index is 0.00421. The van der Waals surface area contributed by atoms with Gasteiger partial charge >= 0.3 is 0 Å². The Bertz CT molecular complexity index is 267. The second-order valence-corrected chi connectivity index (χ2v) is 3.50. The van der Waals surface area contributed by atoms with Crippen LogP contribution in [0.5, 0.6) is 0 Å². The first-order valence-corrected chi connectivity index (χ1v) is 4.71. The summed E-state index contributed by atoms with van der Waals surface area (Å²) in [6.07, 6.45) is 0. The average Bonchev–Trinajstić information content (AvgIpc) is 2.47. The fourth-order valence-corrected chi connectivity index (χ4v) is 1.62. The highest BCUT2D eigenvalue weighted by atomic mass is 32.1. The van der Waals surface area contributed by atoms with Crippen molar-refractivity contribution in [1.29, 1.82) is 0 Å². The minimum absolute atomic E-state index is 0.00421. The van der Waals surface area contributed by atoms with Gasteiger partial charge in [0, 0.05) is 10.9 Å². The molecule has 4 heteroatoms. The van der Waals surface area contributed by atoms with Crippen molar-refractivity contribution in [3.63, 3.8) is 0 Å². The molecule has 1 aliphatic heterocycles. The maximum Gasteiger partial charge on any atom is 0.252 e. The molecule has 1 saturated heterocycles. The number of nitrogens with one attached hydrogen (secondary N) is 1. The molecule has 2 heterocycles. The van der Waals surface area contributed by atoms with Crippen LogP contribution in [0.1, 0.15) is 10.4 Å². The van der Waals surface area contributed by atoms with Crippen LogP contribution in [0.25, 0.3) is 0 Å². The van der Waals surface area contributed by atoms with E-state index in [1.54, 1.807) is 0 Å². The molecule has 3 nitrogen and oxygen atoms in total. The standard InChI is InChI=1S/C8H9NO2S/c10-8(6-1-2-12-5-6)9-7-3-11-4-7/h1-2,5,7H,3-4H2,(H,9,10). The van der Waals surface area contributed by atoms with Gasteiger partial charge in [0.1, 0.15) is 0 Å². The van der Waals surface area contributed by atoms with Crippen molar-refractivity contribution in [1.82, 2.24) is 5.32 Å². The van der Waals surface area contributed by atoms with Crippen LogP contribution < -0.4 is 5.32 Å². The van der Waals surface area contributed by atoms with Crippen LogP contribution >= 0.6 is 11.3 Å². The van der Waals surface area contributed by atoms with E-state index >= 15 is 0 Å². The van der Waals surface area contributed by atoms with Gasteiger partial charge in [0.15, 0.2) is 0 Å². The molecule has 1 N–H and O–H groups in total. The van der Waals surface area contributed by atoms with Gasteiger partial charge in [-0.05, 0) is 11.4 Å². The van der Waals surface area contributed by atoms with E-state index in [4.69, 9.17) is 4.74 Å². The summed E-state index contributed by atoms with van der Waals surface area (Å²) in [4.78, 5) is 11.3. The lowest BCUT2D eigenvalue weighted by Gasteiger charge is -2.26.